The van der Waals surface area contributed by atoms with Crippen molar-refractivity contribution in [2.24, 2.45) is 5.73 Å². The quantitative estimate of drug-likeness (QED) is 0.838. The summed E-state index contributed by atoms with van der Waals surface area (Å²) in [7, 11) is 0. The van der Waals surface area contributed by atoms with E-state index in [1.807, 2.05) is 30.5 Å². The van der Waals surface area contributed by atoms with Crippen LogP contribution in [0.2, 0.25) is 5.02 Å². The predicted octanol–water partition coefficient (Wildman–Crippen LogP) is 2.83. The van der Waals surface area contributed by atoms with Gasteiger partial charge in [-0.15, -0.1) is 0 Å². The molecule has 0 aliphatic heterocycles. The summed E-state index contributed by atoms with van der Waals surface area (Å²) in [5.41, 5.74) is 10.6. The maximum atomic E-state index is 5.99. The van der Waals surface area contributed by atoms with E-state index in [4.69, 9.17) is 17.3 Å². The molecule has 0 spiro atoms. The Bertz CT molecular complexity index is 566. The van der Waals surface area contributed by atoms with Crippen LogP contribution in [0.15, 0.2) is 36.5 Å². The molecule has 17 heavy (non-hydrogen) atoms. The summed E-state index contributed by atoms with van der Waals surface area (Å²) in [6, 6.07) is 10.2. The largest absolute Gasteiger partial charge is 0.327 e. The average Bonchev–Trinajstić information content (AvgIpc) is 2.68. The summed E-state index contributed by atoms with van der Waals surface area (Å²) in [5.74, 6) is 0. The van der Waals surface area contributed by atoms with Crippen LogP contribution in [0.4, 0.5) is 0 Å². The Morgan fingerprint density at radius 1 is 1.18 bits per heavy atom. The van der Waals surface area contributed by atoms with Gasteiger partial charge in [-0.2, -0.15) is 0 Å². The second-order valence-electron chi connectivity index (χ2n) is 4.52. The van der Waals surface area contributed by atoms with Crippen molar-refractivity contribution in [2.75, 3.05) is 0 Å². The highest BCUT2D eigenvalue weighted by Crippen LogP contribution is 2.26. The average molecular weight is 245 g/mol. The highest BCUT2D eigenvalue weighted by molar-refractivity contribution is 6.30. The third kappa shape index (κ3) is 2.06. The first kappa shape index (κ1) is 10.8. The predicted molar refractivity (Wildman–Crippen MR) is 70.1 cm³/mol. The molecule has 1 aliphatic carbocycles. The van der Waals surface area contributed by atoms with E-state index in [1.54, 1.807) is 0 Å². The van der Waals surface area contributed by atoms with Gasteiger partial charge in [0.05, 0.1) is 5.69 Å². The van der Waals surface area contributed by atoms with Crippen molar-refractivity contribution in [1.82, 2.24) is 4.98 Å². The Morgan fingerprint density at radius 3 is 2.82 bits per heavy atom. The number of rotatable bonds is 1. The maximum Gasteiger partial charge on any atom is 0.0705 e. The number of nitrogens with two attached hydrogens (primary N) is 1. The molecule has 0 amide bonds. The van der Waals surface area contributed by atoms with Crippen molar-refractivity contribution in [3.8, 4) is 11.3 Å². The summed E-state index contributed by atoms with van der Waals surface area (Å²) in [5, 5.41) is 0.737. The Balaban J connectivity index is 2.03. The molecule has 1 aromatic carbocycles. The minimum atomic E-state index is 0.251. The summed E-state index contributed by atoms with van der Waals surface area (Å²) >= 11 is 5.99. The fourth-order valence-corrected chi connectivity index (χ4v) is 2.53. The van der Waals surface area contributed by atoms with Crippen molar-refractivity contribution in [3.63, 3.8) is 0 Å². The number of nitrogens with zero attached hydrogens (tertiary/aromatic N) is 1. The Kier molecular flexibility index (Phi) is 2.61. The maximum absolute atomic E-state index is 5.99. The zero-order valence-corrected chi connectivity index (χ0v) is 10.1. The van der Waals surface area contributed by atoms with E-state index < -0.39 is 0 Å². The highest BCUT2D eigenvalue weighted by Gasteiger charge is 2.18. The van der Waals surface area contributed by atoms with Crippen LogP contribution in [0.3, 0.4) is 0 Å². The topological polar surface area (TPSA) is 38.9 Å². The Morgan fingerprint density at radius 2 is 2.00 bits per heavy atom. The summed E-state index contributed by atoms with van der Waals surface area (Å²) < 4.78 is 0. The first-order valence-electron chi connectivity index (χ1n) is 5.72. The van der Waals surface area contributed by atoms with Gasteiger partial charge in [0.25, 0.3) is 0 Å². The molecule has 0 saturated carbocycles. The van der Waals surface area contributed by atoms with Crippen molar-refractivity contribution in [3.05, 3.63) is 52.7 Å². The number of pyridine rings is 1. The molecular formula is C14H13ClN2. The van der Waals surface area contributed by atoms with Crippen molar-refractivity contribution >= 4 is 11.6 Å². The highest BCUT2D eigenvalue weighted by atomic mass is 35.5. The van der Waals surface area contributed by atoms with E-state index in [2.05, 4.69) is 11.1 Å². The van der Waals surface area contributed by atoms with Crippen LogP contribution in [0.25, 0.3) is 11.3 Å². The second-order valence-corrected chi connectivity index (χ2v) is 4.95. The number of hydrogen-bond donors (Lipinski definition) is 1. The van der Waals surface area contributed by atoms with Crippen LogP contribution in [0.1, 0.15) is 11.1 Å². The minimum absolute atomic E-state index is 0.251. The van der Waals surface area contributed by atoms with Gasteiger partial charge < -0.3 is 5.73 Å². The SMILES string of the molecule is NC1Cc2cnc(-c3cccc(Cl)c3)cc2C1. The number of fused-ring (bicyclic) bond motifs is 1. The van der Waals surface area contributed by atoms with Gasteiger partial charge in [-0.05, 0) is 42.2 Å². The van der Waals surface area contributed by atoms with Gasteiger partial charge in [0.15, 0.2) is 0 Å². The normalized spacial score (nSPS) is 18.1. The number of halogens is 1. The number of benzene rings is 1. The third-order valence-corrected chi connectivity index (χ3v) is 3.40. The zero-order valence-electron chi connectivity index (χ0n) is 9.36. The molecule has 2 nitrogen and oxygen atoms in total. The van der Waals surface area contributed by atoms with Crippen LogP contribution in [0, 0.1) is 0 Å². The molecule has 2 aromatic rings. The zero-order chi connectivity index (χ0) is 11.8. The van der Waals surface area contributed by atoms with E-state index in [0.717, 1.165) is 29.1 Å². The van der Waals surface area contributed by atoms with Crippen LogP contribution < -0.4 is 5.73 Å². The summed E-state index contributed by atoms with van der Waals surface area (Å²) in [6.45, 7) is 0. The van der Waals surface area contributed by atoms with E-state index >= 15 is 0 Å². The molecule has 1 aliphatic rings. The fraction of sp³-hybridized carbons (Fsp3) is 0.214. The molecule has 0 saturated heterocycles. The van der Waals surface area contributed by atoms with E-state index in [-0.39, 0.29) is 6.04 Å². The lowest BCUT2D eigenvalue weighted by atomic mass is 10.1. The minimum Gasteiger partial charge on any atom is -0.327 e. The molecule has 86 valence electrons. The van der Waals surface area contributed by atoms with Gasteiger partial charge >= 0.3 is 0 Å². The third-order valence-electron chi connectivity index (χ3n) is 3.17. The van der Waals surface area contributed by atoms with Gasteiger partial charge in [-0.25, -0.2) is 0 Å². The van der Waals surface area contributed by atoms with Crippen LogP contribution in [-0.4, -0.2) is 11.0 Å². The van der Waals surface area contributed by atoms with Crippen LogP contribution >= 0.6 is 11.6 Å². The van der Waals surface area contributed by atoms with Crippen LogP contribution in [-0.2, 0) is 12.8 Å². The van der Waals surface area contributed by atoms with Crippen LogP contribution in [0.5, 0.6) is 0 Å². The van der Waals surface area contributed by atoms with Gasteiger partial charge in [-0.1, -0.05) is 23.7 Å². The molecule has 3 rings (SSSR count). The van der Waals surface area contributed by atoms with Gasteiger partial charge in [0.2, 0.25) is 0 Å². The standard InChI is InChI=1S/C14H13ClN2/c15-12-3-1-2-9(4-12)14-7-10-5-13(16)6-11(10)8-17-14/h1-4,7-8,13H,5-6,16H2. The van der Waals surface area contributed by atoms with Crippen molar-refractivity contribution in [1.29, 1.82) is 0 Å². The smallest absolute Gasteiger partial charge is 0.0705 e. The lowest BCUT2D eigenvalue weighted by Gasteiger charge is -2.04. The monoisotopic (exact) mass is 244 g/mol. The molecule has 3 heteroatoms. The van der Waals surface area contributed by atoms with Gasteiger partial charge in [-0.3, -0.25) is 4.98 Å². The van der Waals surface area contributed by atoms with E-state index in [0.29, 0.717) is 0 Å². The first-order chi connectivity index (χ1) is 8.22. The lowest BCUT2D eigenvalue weighted by Crippen LogP contribution is -2.18. The molecular weight excluding hydrogens is 232 g/mol. The molecule has 0 fully saturated rings. The molecule has 1 atom stereocenters. The lowest BCUT2D eigenvalue weighted by molar-refractivity contribution is 0.721. The molecule has 1 heterocycles. The molecule has 1 aromatic heterocycles. The first-order valence-corrected chi connectivity index (χ1v) is 6.09. The fourth-order valence-electron chi connectivity index (χ4n) is 2.34. The van der Waals surface area contributed by atoms with Crippen molar-refractivity contribution < 1.29 is 0 Å². The van der Waals surface area contributed by atoms with Gasteiger partial charge in [0, 0.05) is 22.8 Å². The van der Waals surface area contributed by atoms with Gasteiger partial charge in [0.1, 0.15) is 0 Å². The number of aromatic nitrogens is 1. The molecule has 0 bridgehead atoms. The summed E-state index contributed by atoms with van der Waals surface area (Å²) in [4.78, 5) is 4.48. The van der Waals surface area contributed by atoms with E-state index in [9.17, 15) is 0 Å². The Hall–Kier alpha value is -1.38. The molecule has 2 N–H and O–H groups in total. The Labute approximate surface area is 105 Å². The second kappa shape index (κ2) is 4.13. The van der Waals surface area contributed by atoms with E-state index in [1.165, 1.54) is 11.1 Å². The summed E-state index contributed by atoms with van der Waals surface area (Å²) in [6.07, 6.45) is 3.84. The number of hydrogen-bond acceptors (Lipinski definition) is 2. The van der Waals surface area contributed by atoms with Crippen molar-refractivity contribution in [2.45, 2.75) is 18.9 Å². The molecule has 1 unspecified atom stereocenters. The molecule has 0 radical (unpaired) electrons.